The van der Waals surface area contributed by atoms with Gasteiger partial charge in [-0.3, -0.25) is 4.79 Å². The van der Waals surface area contributed by atoms with Crippen LogP contribution in [-0.2, 0) is 12.2 Å². The molecule has 1 aliphatic heterocycles. The molecule has 21 heavy (non-hydrogen) atoms. The summed E-state index contributed by atoms with van der Waals surface area (Å²) in [4.78, 5) is 13.9. The molecule has 2 heterocycles. The van der Waals surface area contributed by atoms with Crippen LogP contribution >= 0.6 is 23.1 Å². The van der Waals surface area contributed by atoms with Gasteiger partial charge in [-0.2, -0.15) is 11.8 Å². The Morgan fingerprint density at radius 3 is 2.81 bits per heavy atom. The molecule has 1 amide bonds. The van der Waals surface area contributed by atoms with Crippen molar-refractivity contribution in [2.75, 3.05) is 16.8 Å². The highest BCUT2D eigenvalue weighted by atomic mass is 32.2. The van der Waals surface area contributed by atoms with Gasteiger partial charge in [0.1, 0.15) is 11.6 Å². The first-order chi connectivity index (χ1) is 10.0. The number of halogens is 2. The Hall–Kier alpha value is -1.60. The third-order valence-corrected chi connectivity index (χ3v) is 5.43. The minimum absolute atomic E-state index is 0.111. The maximum atomic E-state index is 13.6. The highest BCUT2D eigenvalue weighted by Gasteiger charge is 2.19. The second-order valence-electron chi connectivity index (χ2n) is 4.67. The van der Waals surface area contributed by atoms with Gasteiger partial charge in [-0.05, 0) is 29.9 Å². The van der Waals surface area contributed by atoms with Crippen molar-refractivity contribution in [3.8, 4) is 0 Å². The van der Waals surface area contributed by atoms with E-state index in [9.17, 15) is 13.6 Å². The zero-order valence-electron chi connectivity index (χ0n) is 10.9. The fourth-order valence-corrected chi connectivity index (χ4v) is 4.37. The van der Waals surface area contributed by atoms with E-state index in [1.165, 1.54) is 21.8 Å². The molecule has 0 fully saturated rings. The molecule has 1 aromatic heterocycles. The van der Waals surface area contributed by atoms with Crippen LogP contribution in [0.4, 0.5) is 20.2 Å². The maximum absolute atomic E-state index is 13.6. The van der Waals surface area contributed by atoms with Crippen LogP contribution in [0.2, 0.25) is 0 Å². The molecular weight excluding hydrogens is 314 g/mol. The number of aryl methyl sites for hydroxylation is 1. The van der Waals surface area contributed by atoms with Gasteiger partial charge in [0.15, 0.2) is 0 Å². The van der Waals surface area contributed by atoms with Crippen LogP contribution in [0.3, 0.4) is 0 Å². The number of benzene rings is 1. The van der Waals surface area contributed by atoms with E-state index < -0.39 is 17.5 Å². The van der Waals surface area contributed by atoms with Crippen molar-refractivity contribution < 1.29 is 13.6 Å². The van der Waals surface area contributed by atoms with Crippen LogP contribution in [-0.4, -0.2) is 11.7 Å². The van der Waals surface area contributed by atoms with Crippen LogP contribution < -0.4 is 11.1 Å². The van der Waals surface area contributed by atoms with E-state index in [4.69, 9.17) is 5.73 Å². The van der Waals surface area contributed by atoms with E-state index in [0.717, 1.165) is 24.0 Å². The second-order valence-corrected chi connectivity index (χ2v) is 6.91. The maximum Gasteiger partial charge on any atom is 0.265 e. The number of hydrogen-bond donors (Lipinski definition) is 2. The molecule has 3 rings (SSSR count). The predicted octanol–water partition coefficient (Wildman–Crippen LogP) is 3.65. The Labute approximate surface area is 128 Å². The number of hydrogen-bond acceptors (Lipinski definition) is 4. The molecule has 3 nitrogen and oxygen atoms in total. The summed E-state index contributed by atoms with van der Waals surface area (Å²) in [5, 5.41) is 2.45. The number of amides is 1. The summed E-state index contributed by atoms with van der Waals surface area (Å²) in [5.74, 6) is -0.125. The number of thioether (sulfide) groups is 1. The second kappa shape index (κ2) is 5.65. The van der Waals surface area contributed by atoms with Crippen LogP contribution in [0.15, 0.2) is 18.2 Å². The number of thiophene rings is 1. The zero-order valence-corrected chi connectivity index (χ0v) is 12.5. The Bertz CT molecular complexity index is 692. The van der Waals surface area contributed by atoms with Crippen molar-refractivity contribution in [1.29, 1.82) is 0 Å². The van der Waals surface area contributed by atoms with E-state index >= 15 is 0 Å². The monoisotopic (exact) mass is 326 g/mol. The van der Waals surface area contributed by atoms with Gasteiger partial charge in [0.2, 0.25) is 0 Å². The molecule has 0 saturated carbocycles. The smallest absolute Gasteiger partial charge is 0.265 e. The minimum Gasteiger partial charge on any atom is -0.396 e. The standard InChI is InChI=1S/C14H12F2N2OS2/c15-8-4-9(16)11(5-10(8)17)18-14(19)13-3-7-6-20-2-1-12(7)21-13/h3-5H,1-2,6,17H2,(H,18,19). The number of anilines is 2. The molecule has 1 aromatic carbocycles. The van der Waals surface area contributed by atoms with Gasteiger partial charge in [-0.15, -0.1) is 11.3 Å². The third-order valence-electron chi connectivity index (χ3n) is 3.19. The van der Waals surface area contributed by atoms with E-state index in [2.05, 4.69) is 5.32 Å². The average molecular weight is 326 g/mol. The first-order valence-corrected chi connectivity index (χ1v) is 8.27. The average Bonchev–Trinajstić information content (AvgIpc) is 2.88. The van der Waals surface area contributed by atoms with Crippen molar-refractivity contribution in [3.05, 3.63) is 45.2 Å². The highest BCUT2D eigenvalue weighted by Crippen LogP contribution is 2.32. The van der Waals surface area contributed by atoms with Crippen molar-refractivity contribution in [1.82, 2.24) is 0 Å². The first-order valence-electron chi connectivity index (χ1n) is 6.30. The molecule has 0 atom stereocenters. The summed E-state index contributed by atoms with van der Waals surface area (Å²) in [6.45, 7) is 0. The number of nitrogens with two attached hydrogens (primary N) is 1. The first kappa shape index (κ1) is 14.3. The van der Waals surface area contributed by atoms with Gasteiger partial charge in [0.05, 0.1) is 16.3 Å². The van der Waals surface area contributed by atoms with Crippen LogP contribution in [0.25, 0.3) is 0 Å². The topological polar surface area (TPSA) is 55.1 Å². The molecule has 0 unspecified atom stereocenters. The fraction of sp³-hybridized carbons (Fsp3) is 0.214. The molecule has 0 aliphatic carbocycles. The van der Waals surface area contributed by atoms with Crippen LogP contribution in [0.1, 0.15) is 20.1 Å². The molecule has 0 bridgehead atoms. The molecule has 0 radical (unpaired) electrons. The number of fused-ring (bicyclic) bond motifs is 1. The fourth-order valence-electron chi connectivity index (χ4n) is 2.10. The summed E-state index contributed by atoms with van der Waals surface area (Å²) in [6.07, 6.45) is 0.954. The van der Waals surface area contributed by atoms with Gasteiger partial charge in [-0.25, -0.2) is 8.78 Å². The molecule has 3 N–H and O–H groups in total. The Balaban J connectivity index is 1.83. The van der Waals surface area contributed by atoms with Gasteiger partial charge in [-0.1, -0.05) is 0 Å². The summed E-state index contributed by atoms with van der Waals surface area (Å²) in [5.41, 5.74) is 6.25. The lowest BCUT2D eigenvalue weighted by Crippen LogP contribution is -2.12. The highest BCUT2D eigenvalue weighted by molar-refractivity contribution is 7.98. The van der Waals surface area contributed by atoms with Crippen molar-refractivity contribution in [2.45, 2.75) is 12.2 Å². The molecule has 2 aromatic rings. The minimum atomic E-state index is -0.841. The summed E-state index contributed by atoms with van der Waals surface area (Å²) >= 11 is 3.25. The zero-order chi connectivity index (χ0) is 15.0. The molecule has 110 valence electrons. The quantitative estimate of drug-likeness (QED) is 0.828. The van der Waals surface area contributed by atoms with Crippen molar-refractivity contribution in [2.24, 2.45) is 0 Å². The number of nitrogen functional groups attached to an aromatic ring is 1. The number of carbonyl (C=O) groups is 1. The van der Waals surface area contributed by atoms with E-state index in [1.54, 1.807) is 0 Å². The van der Waals surface area contributed by atoms with E-state index in [0.29, 0.717) is 10.9 Å². The lowest BCUT2D eigenvalue weighted by Gasteiger charge is -2.08. The van der Waals surface area contributed by atoms with Gasteiger partial charge < -0.3 is 11.1 Å². The largest absolute Gasteiger partial charge is 0.396 e. The van der Waals surface area contributed by atoms with Gasteiger partial charge in [0, 0.05) is 16.7 Å². The number of nitrogens with one attached hydrogen (secondary N) is 1. The van der Waals surface area contributed by atoms with E-state index in [-0.39, 0.29) is 11.4 Å². The third kappa shape index (κ3) is 2.89. The summed E-state index contributed by atoms with van der Waals surface area (Å²) in [7, 11) is 0. The SMILES string of the molecule is Nc1cc(NC(=O)c2cc3c(s2)CCSC3)c(F)cc1F. The van der Waals surface area contributed by atoms with Crippen molar-refractivity contribution >= 4 is 40.4 Å². The Kier molecular flexibility index (Phi) is 3.86. The summed E-state index contributed by atoms with van der Waals surface area (Å²) < 4.78 is 26.7. The molecule has 1 aliphatic rings. The predicted molar refractivity (Wildman–Crippen MR) is 82.9 cm³/mol. The van der Waals surface area contributed by atoms with E-state index in [1.807, 2.05) is 17.8 Å². The summed E-state index contributed by atoms with van der Waals surface area (Å²) in [6, 6.07) is 3.60. The van der Waals surface area contributed by atoms with Crippen LogP contribution in [0, 0.1) is 11.6 Å². The number of rotatable bonds is 2. The van der Waals surface area contributed by atoms with Crippen LogP contribution in [0.5, 0.6) is 0 Å². The molecule has 0 spiro atoms. The number of carbonyl (C=O) groups excluding carboxylic acids is 1. The van der Waals surface area contributed by atoms with Gasteiger partial charge >= 0.3 is 0 Å². The van der Waals surface area contributed by atoms with Gasteiger partial charge in [0.25, 0.3) is 5.91 Å². The van der Waals surface area contributed by atoms with Crippen molar-refractivity contribution in [3.63, 3.8) is 0 Å². The normalized spacial score (nSPS) is 13.8. The lowest BCUT2D eigenvalue weighted by molar-refractivity contribution is 0.103. The Morgan fingerprint density at radius 1 is 1.24 bits per heavy atom. The molecule has 0 saturated heterocycles. The molecular formula is C14H12F2N2OS2. The molecule has 7 heteroatoms. The Morgan fingerprint density at radius 2 is 2.05 bits per heavy atom. The lowest BCUT2D eigenvalue weighted by atomic mass is 10.2.